The molecule has 0 saturated heterocycles. The Balaban J connectivity index is 3.59. The van der Waals surface area contributed by atoms with E-state index < -0.39 is 0 Å². The lowest BCUT2D eigenvalue weighted by atomic mass is 9.94. The molecule has 0 unspecified atom stereocenters. The van der Waals surface area contributed by atoms with E-state index in [0.29, 0.717) is 0 Å². The van der Waals surface area contributed by atoms with Crippen LogP contribution in [-0.2, 0) is 19.3 Å². The van der Waals surface area contributed by atoms with Crippen molar-refractivity contribution in [1.29, 1.82) is 0 Å². The van der Waals surface area contributed by atoms with E-state index in [9.17, 15) is 10.2 Å². The molecule has 1 aromatic rings. The zero-order valence-corrected chi connectivity index (χ0v) is 11.6. The van der Waals surface area contributed by atoms with Crippen LogP contribution in [0, 0.1) is 3.57 Å². The number of hydrogen-bond acceptors (Lipinski definition) is 2. The molecule has 0 aromatic heterocycles. The molecular formula is C12H17IO2. The third kappa shape index (κ3) is 2.07. The Morgan fingerprint density at radius 1 is 0.800 bits per heavy atom. The van der Waals surface area contributed by atoms with Crippen LogP contribution in [0.4, 0.5) is 0 Å². The van der Waals surface area contributed by atoms with Crippen LogP contribution >= 0.6 is 22.6 Å². The summed E-state index contributed by atoms with van der Waals surface area (Å²) >= 11 is 2.10. The van der Waals surface area contributed by atoms with Crippen LogP contribution in [0.15, 0.2) is 0 Å². The molecule has 0 bridgehead atoms. The summed E-state index contributed by atoms with van der Waals surface area (Å²) in [4.78, 5) is 0. The molecule has 84 valence electrons. The Morgan fingerprint density at radius 2 is 1.27 bits per heavy atom. The van der Waals surface area contributed by atoms with Crippen LogP contribution in [0.25, 0.3) is 0 Å². The molecule has 2 N–H and O–H groups in total. The van der Waals surface area contributed by atoms with Crippen LogP contribution in [0.5, 0.6) is 11.5 Å². The van der Waals surface area contributed by atoms with E-state index in [1.165, 1.54) is 11.1 Å². The predicted octanol–water partition coefficient (Wildman–Crippen LogP) is 3.39. The lowest BCUT2D eigenvalue weighted by molar-refractivity contribution is 0.395. The minimum Gasteiger partial charge on any atom is -0.504 e. The van der Waals surface area contributed by atoms with Gasteiger partial charge in [-0.25, -0.2) is 0 Å². The van der Waals surface area contributed by atoms with E-state index in [4.69, 9.17) is 0 Å². The maximum atomic E-state index is 9.86. The highest BCUT2D eigenvalue weighted by Gasteiger charge is 2.18. The summed E-state index contributed by atoms with van der Waals surface area (Å²) in [5.74, 6) is 0.109. The fourth-order valence-electron chi connectivity index (χ4n) is 2.02. The lowest BCUT2D eigenvalue weighted by Gasteiger charge is -2.17. The highest BCUT2D eigenvalue weighted by molar-refractivity contribution is 14.1. The Morgan fingerprint density at radius 3 is 1.67 bits per heavy atom. The predicted molar refractivity (Wildman–Crippen MR) is 70.6 cm³/mol. The summed E-state index contributed by atoms with van der Waals surface area (Å²) in [5.41, 5.74) is 3.26. The Hall–Kier alpha value is -0.450. The minimum absolute atomic E-state index is 0.0431. The van der Waals surface area contributed by atoms with Gasteiger partial charge in [0, 0.05) is 5.56 Å². The highest BCUT2D eigenvalue weighted by Crippen LogP contribution is 2.40. The summed E-state index contributed by atoms with van der Waals surface area (Å²) in [5, 5.41) is 19.6. The molecule has 2 nitrogen and oxygen atoms in total. The van der Waals surface area contributed by atoms with Crippen molar-refractivity contribution >= 4 is 22.6 Å². The first-order valence-electron chi connectivity index (χ1n) is 5.32. The van der Waals surface area contributed by atoms with Gasteiger partial charge in [0.15, 0.2) is 11.5 Å². The van der Waals surface area contributed by atoms with Crippen LogP contribution in [0.1, 0.15) is 37.5 Å². The number of phenolic OH excluding ortho intramolecular Hbond substituents is 2. The number of hydrogen-bond donors (Lipinski definition) is 2. The van der Waals surface area contributed by atoms with Gasteiger partial charge in [-0.2, -0.15) is 0 Å². The van der Waals surface area contributed by atoms with Crippen molar-refractivity contribution in [1.82, 2.24) is 0 Å². The topological polar surface area (TPSA) is 40.5 Å². The van der Waals surface area contributed by atoms with E-state index in [1.54, 1.807) is 0 Å². The molecule has 0 aliphatic rings. The van der Waals surface area contributed by atoms with E-state index in [2.05, 4.69) is 36.4 Å². The van der Waals surface area contributed by atoms with Crippen molar-refractivity contribution in [3.63, 3.8) is 0 Å². The van der Waals surface area contributed by atoms with Crippen LogP contribution < -0.4 is 0 Å². The summed E-state index contributed by atoms with van der Waals surface area (Å²) in [6.45, 7) is 6.16. The molecule has 0 spiro atoms. The molecular weight excluding hydrogens is 303 g/mol. The van der Waals surface area contributed by atoms with Crippen molar-refractivity contribution in [2.24, 2.45) is 0 Å². The average Bonchev–Trinajstić information content (AvgIpc) is 2.25. The van der Waals surface area contributed by atoms with Crippen LogP contribution in [0.2, 0.25) is 0 Å². The zero-order valence-electron chi connectivity index (χ0n) is 9.39. The smallest absolute Gasteiger partial charge is 0.171 e. The van der Waals surface area contributed by atoms with Gasteiger partial charge in [-0.15, -0.1) is 0 Å². The second-order valence-electron chi connectivity index (χ2n) is 3.51. The van der Waals surface area contributed by atoms with Crippen LogP contribution in [-0.4, -0.2) is 10.2 Å². The van der Waals surface area contributed by atoms with Gasteiger partial charge < -0.3 is 10.2 Å². The van der Waals surface area contributed by atoms with Crippen molar-refractivity contribution in [2.75, 3.05) is 0 Å². The molecule has 1 aromatic carbocycles. The quantitative estimate of drug-likeness (QED) is 0.662. The second kappa shape index (κ2) is 5.05. The summed E-state index contributed by atoms with van der Waals surface area (Å²) < 4.78 is 0.793. The first-order chi connectivity index (χ1) is 7.08. The van der Waals surface area contributed by atoms with Crippen molar-refractivity contribution in [2.45, 2.75) is 40.0 Å². The van der Waals surface area contributed by atoms with E-state index >= 15 is 0 Å². The third-order valence-electron chi connectivity index (χ3n) is 2.77. The number of rotatable bonds is 3. The van der Waals surface area contributed by atoms with Gasteiger partial charge in [-0.1, -0.05) is 20.8 Å². The molecule has 0 heterocycles. The second-order valence-corrected chi connectivity index (χ2v) is 4.59. The van der Waals surface area contributed by atoms with Gasteiger partial charge in [0.05, 0.1) is 3.57 Å². The average molecular weight is 320 g/mol. The number of benzene rings is 1. The first-order valence-corrected chi connectivity index (χ1v) is 6.40. The van der Waals surface area contributed by atoms with Crippen molar-refractivity contribution < 1.29 is 10.2 Å². The fourth-order valence-corrected chi connectivity index (χ4v) is 2.99. The van der Waals surface area contributed by atoms with Crippen molar-refractivity contribution in [3.8, 4) is 11.5 Å². The number of phenols is 2. The van der Waals surface area contributed by atoms with E-state index in [1.807, 2.05) is 6.92 Å². The monoisotopic (exact) mass is 320 g/mol. The zero-order chi connectivity index (χ0) is 11.6. The maximum Gasteiger partial charge on any atom is 0.171 e. The molecule has 0 saturated carbocycles. The molecule has 0 radical (unpaired) electrons. The van der Waals surface area contributed by atoms with Gasteiger partial charge in [0.25, 0.3) is 0 Å². The molecule has 1 rings (SSSR count). The van der Waals surface area contributed by atoms with Gasteiger partial charge in [0.2, 0.25) is 0 Å². The Bertz CT molecular complexity index is 341. The van der Waals surface area contributed by atoms with Gasteiger partial charge >= 0.3 is 0 Å². The van der Waals surface area contributed by atoms with Crippen molar-refractivity contribution in [3.05, 3.63) is 20.3 Å². The maximum absolute atomic E-state index is 9.86. The summed E-state index contributed by atoms with van der Waals surface area (Å²) in [6.07, 6.45) is 2.55. The largest absolute Gasteiger partial charge is 0.504 e. The van der Waals surface area contributed by atoms with E-state index in [0.717, 1.165) is 28.4 Å². The Labute approximate surface area is 104 Å². The number of halogens is 1. The molecule has 0 atom stereocenters. The SMILES string of the molecule is CCc1c(O)c(O)c(I)c(CC)c1CC. The first kappa shape index (κ1) is 12.6. The Kier molecular flexibility index (Phi) is 4.25. The third-order valence-corrected chi connectivity index (χ3v) is 3.93. The van der Waals surface area contributed by atoms with Crippen LogP contribution in [0.3, 0.4) is 0 Å². The van der Waals surface area contributed by atoms with Gasteiger partial charge in [-0.05, 0) is 53.0 Å². The highest BCUT2D eigenvalue weighted by atomic mass is 127. The standard InChI is InChI=1S/C12H17IO2/c1-4-7-8(5-2)10(13)12(15)11(14)9(7)6-3/h14-15H,4-6H2,1-3H3. The lowest BCUT2D eigenvalue weighted by Crippen LogP contribution is -2.01. The number of aromatic hydroxyl groups is 2. The molecule has 0 aliphatic heterocycles. The molecule has 0 amide bonds. The molecule has 0 aliphatic carbocycles. The minimum atomic E-state index is 0.0431. The molecule has 15 heavy (non-hydrogen) atoms. The summed E-state index contributed by atoms with van der Waals surface area (Å²) in [7, 11) is 0. The van der Waals surface area contributed by atoms with E-state index in [-0.39, 0.29) is 11.5 Å². The summed E-state index contributed by atoms with van der Waals surface area (Å²) in [6, 6.07) is 0. The van der Waals surface area contributed by atoms with Gasteiger partial charge in [-0.3, -0.25) is 0 Å². The van der Waals surface area contributed by atoms with Gasteiger partial charge in [0.1, 0.15) is 0 Å². The normalized spacial score (nSPS) is 10.7. The fraction of sp³-hybridized carbons (Fsp3) is 0.500. The molecule has 0 fully saturated rings. The molecule has 3 heteroatoms.